The number of rotatable bonds is 4. The summed E-state index contributed by atoms with van der Waals surface area (Å²) in [6.07, 6.45) is 9.66. The summed E-state index contributed by atoms with van der Waals surface area (Å²) in [4.78, 5) is 0. The van der Waals surface area contributed by atoms with Gasteiger partial charge in [0.15, 0.2) is 0 Å². The first-order chi connectivity index (χ1) is 17.6. The number of fused-ring (bicyclic) bond motifs is 6. The van der Waals surface area contributed by atoms with Gasteiger partial charge in [-0.3, -0.25) is 0 Å². The van der Waals surface area contributed by atoms with Crippen LogP contribution in [-0.2, 0) is 19.3 Å². The van der Waals surface area contributed by atoms with E-state index in [4.69, 9.17) is 14.6 Å². The number of methoxy groups -OCH3 is 2. The lowest BCUT2D eigenvalue weighted by atomic mass is 9.84. The molecule has 2 aliphatic carbocycles. The van der Waals surface area contributed by atoms with Crippen molar-refractivity contribution in [1.82, 2.24) is 0 Å². The van der Waals surface area contributed by atoms with Crippen molar-refractivity contribution in [2.24, 2.45) is 0 Å². The Hall–Kier alpha value is -3.34. The van der Waals surface area contributed by atoms with Crippen LogP contribution in [0.2, 0.25) is 0 Å². The number of aliphatic hydroxyl groups is 2. The highest BCUT2D eigenvalue weighted by molar-refractivity contribution is 6.13. The highest BCUT2D eigenvalue weighted by Crippen LogP contribution is 2.41. The molecule has 0 aliphatic heterocycles. The van der Waals surface area contributed by atoms with Crippen molar-refractivity contribution >= 4 is 27.6 Å². The summed E-state index contributed by atoms with van der Waals surface area (Å²) in [5.74, 6) is 1.77. The average molecular weight is 483 g/mol. The molecule has 4 aromatic rings. The molecule has 1 atom stereocenters. The molecule has 2 N–H and O–H groups in total. The van der Waals surface area contributed by atoms with E-state index in [0.717, 1.165) is 28.0 Å². The lowest BCUT2D eigenvalue weighted by Crippen LogP contribution is -2.32. The molecular formula is C32H34O4. The van der Waals surface area contributed by atoms with Crippen LogP contribution in [0.5, 0.6) is 11.5 Å². The normalized spacial score (nSPS) is 18.2. The molecule has 4 nitrogen and oxygen atoms in total. The maximum Gasteiger partial charge on any atom is 0.131 e. The quantitative estimate of drug-likeness (QED) is 0.337. The average Bonchev–Trinajstić information content (AvgIpc) is 2.92. The van der Waals surface area contributed by atoms with E-state index in [-0.39, 0.29) is 6.61 Å². The van der Waals surface area contributed by atoms with E-state index in [1.807, 2.05) is 36.4 Å². The van der Waals surface area contributed by atoms with Gasteiger partial charge in [-0.25, -0.2) is 0 Å². The maximum atomic E-state index is 10.1. The first kappa shape index (κ1) is 24.4. The van der Waals surface area contributed by atoms with Gasteiger partial charge < -0.3 is 19.7 Å². The molecule has 0 saturated heterocycles. The number of hydrogen-bond acceptors (Lipinski definition) is 4. The van der Waals surface area contributed by atoms with Crippen molar-refractivity contribution in [2.45, 2.75) is 44.1 Å². The summed E-state index contributed by atoms with van der Waals surface area (Å²) in [5.41, 5.74) is 4.46. The highest BCUT2D eigenvalue weighted by atomic mass is 16.5. The van der Waals surface area contributed by atoms with E-state index in [9.17, 15) is 5.11 Å². The lowest BCUT2D eigenvalue weighted by molar-refractivity contribution is 0.0609. The minimum atomic E-state index is -0.858. The van der Waals surface area contributed by atoms with Crippen LogP contribution in [0.15, 0.2) is 66.7 Å². The summed E-state index contributed by atoms with van der Waals surface area (Å²) >= 11 is 0. The molecule has 4 aromatic carbocycles. The molecule has 1 unspecified atom stereocenters. The van der Waals surface area contributed by atoms with Gasteiger partial charge >= 0.3 is 0 Å². The van der Waals surface area contributed by atoms with Crippen molar-refractivity contribution in [3.8, 4) is 11.5 Å². The Kier molecular flexibility index (Phi) is 6.99. The second-order valence-corrected chi connectivity index (χ2v) is 9.75. The molecule has 186 valence electrons. The van der Waals surface area contributed by atoms with Crippen LogP contribution in [0.1, 0.15) is 41.5 Å². The molecule has 0 radical (unpaired) electrons. The Bertz CT molecular complexity index is 1420. The van der Waals surface area contributed by atoms with Gasteiger partial charge in [0.1, 0.15) is 11.5 Å². The summed E-state index contributed by atoms with van der Waals surface area (Å²) in [7, 11) is 3.45. The van der Waals surface area contributed by atoms with Crippen LogP contribution in [-0.4, -0.2) is 36.6 Å². The molecule has 0 amide bonds. The van der Waals surface area contributed by atoms with Crippen LogP contribution in [0.3, 0.4) is 0 Å². The van der Waals surface area contributed by atoms with Gasteiger partial charge in [0.25, 0.3) is 0 Å². The molecule has 2 aliphatic rings. The van der Waals surface area contributed by atoms with E-state index >= 15 is 0 Å². The smallest absolute Gasteiger partial charge is 0.131 e. The Morgan fingerprint density at radius 3 is 2.42 bits per heavy atom. The van der Waals surface area contributed by atoms with Gasteiger partial charge in [-0.05, 0) is 76.2 Å². The standard InChI is InChI=1S/C20H20O2.C12H14O2/c1-21-18-9-5-8-16-15-11-10-13-6-3-4-7-14(13)17(15)12-19(22-2)20(16)18;13-8-7-12(14)6-5-10-3-1-2-4-11(10)9-12/h5,8-12H,3-4,6-7H2,1-2H3;1-6,13-14H,7-9H2. The van der Waals surface area contributed by atoms with Crippen molar-refractivity contribution in [3.63, 3.8) is 0 Å². The minimum absolute atomic E-state index is 0.0169. The Morgan fingerprint density at radius 2 is 1.61 bits per heavy atom. The van der Waals surface area contributed by atoms with E-state index in [2.05, 4.69) is 30.3 Å². The zero-order valence-corrected chi connectivity index (χ0v) is 21.1. The molecule has 0 heterocycles. The molecule has 0 saturated carbocycles. The second-order valence-electron chi connectivity index (χ2n) is 9.75. The molecule has 0 aromatic heterocycles. The maximum absolute atomic E-state index is 10.1. The van der Waals surface area contributed by atoms with E-state index < -0.39 is 5.60 Å². The third kappa shape index (κ3) is 4.59. The predicted molar refractivity (Wildman–Crippen MR) is 147 cm³/mol. The Labute approximate surface area is 212 Å². The van der Waals surface area contributed by atoms with Gasteiger partial charge in [0.05, 0.1) is 25.2 Å². The SMILES string of the molecule is COc1cccc2c1c(OC)cc1c3c(ccc12)CCCC3.OCCC1(O)C=Cc2ccccc2C1. The molecular weight excluding hydrogens is 448 g/mol. The van der Waals surface area contributed by atoms with Gasteiger partial charge in [0.2, 0.25) is 0 Å². The van der Waals surface area contributed by atoms with Crippen LogP contribution in [0, 0.1) is 0 Å². The molecule has 4 heteroatoms. The number of aliphatic hydroxyl groups excluding tert-OH is 1. The van der Waals surface area contributed by atoms with Crippen LogP contribution < -0.4 is 9.47 Å². The molecule has 0 bridgehead atoms. The van der Waals surface area contributed by atoms with Gasteiger partial charge in [-0.2, -0.15) is 0 Å². The largest absolute Gasteiger partial charge is 0.496 e. The zero-order valence-electron chi connectivity index (χ0n) is 21.1. The van der Waals surface area contributed by atoms with Crippen LogP contribution in [0.4, 0.5) is 0 Å². The fourth-order valence-electron chi connectivity index (χ4n) is 5.66. The summed E-state index contributed by atoms with van der Waals surface area (Å²) in [6.45, 7) is 0.0169. The number of hydrogen-bond donors (Lipinski definition) is 2. The zero-order chi connectivity index (χ0) is 25.1. The van der Waals surface area contributed by atoms with Gasteiger partial charge in [-0.1, -0.05) is 60.7 Å². The topological polar surface area (TPSA) is 58.9 Å². The second kappa shape index (κ2) is 10.3. The van der Waals surface area contributed by atoms with E-state index in [1.165, 1.54) is 53.0 Å². The first-order valence-electron chi connectivity index (χ1n) is 12.8. The van der Waals surface area contributed by atoms with Crippen LogP contribution >= 0.6 is 0 Å². The fraction of sp³-hybridized carbons (Fsp3) is 0.312. The monoisotopic (exact) mass is 482 g/mol. The van der Waals surface area contributed by atoms with Gasteiger partial charge in [-0.15, -0.1) is 0 Å². The highest BCUT2D eigenvalue weighted by Gasteiger charge is 2.27. The van der Waals surface area contributed by atoms with E-state index in [0.29, 0.717) is 12.8 Å². The number of aryl methyl sites for hydroxylation is 2. The van der Waals surface area contributed by atoms with Crippen molar-refractivity contribution in [2.75, 3.05) is 20.8 Å². The Morgan fingerprint density at radius 1 is 0.806 bits per heavy atom. The molecule has 0 spiro atoms. The lowest BCUT2D eigenvalue weighted by Gasteiger charge is -2.28. The number of ether oxygens (including phenoxy) is 2. The van der Waals surface area contributed by atoms with Crippen molar-refractivity contribution in [3.05, 3.63) is 89.0 Å². The predicted octanol–water partition coefficient (Wildman–Crippen LogP) is 6.26. The summed E-state index contributed by atoms with van der Waals surface area (Å²) < 4.78 is 11.2. The molecule has 0 fully saturated rings. The van der Waals surface area contributed by atoms with Gasteiger partial charge in [0, 0.05) is 19.4 Å². The summed E-state index contributed by atoms with van der Waals surface area (Å²) in [6, 6.07) is 21.0. The third-order valence-corrected chi connectivity index (χ3v) is 7.52. The molecule has 36 heavy (non-hydrogen) atoms. The first-order valence-corrected chi connectivity index (χ1v) is 12.8. The minimum Gasteiger partial charge on any atom is -0.496 e. The van der Waals surface area contributed by atoms with Crippen molar-refractivity contribution in [1.29, 1.82) is 0 Å². The van der Waals surface area contributed by atoms with Crippen molar-refractivity contribution < 1.29 is 19.7 Å². The summed E-state index contributed by atoms with van der Waals surface area (Å²) in [5, 5.41) is 23.8. The van der Waals surface area contributed by atoms with Crippen LogP contribution in [0.25, 0.3) is 27.6 Å². The third-order valence-electron chi connectivity index (χ3n) is 7.52. The van der Waals surface area contributed by atoms with E-state index in [1.54, 1.807) is 20.3 Å². The number of benzene rings is 4. The molecule has 6 rings (SSSR count). The Balaban J connectivity index is 0.000000165. The fourth-order valence-corrected chi connectivity index (χ4v) is 5.66.